The molecule has 0 saturated heterocycles. The van der Waals surface area contributed by atoms with Crippen molar-refractivity contribution in [2.75, 3.05) is 13.2 Å². The summed E-state index contributed by atoms with van der Waals surface area (Å²) in [5.74, 6) is 0. The Morgan fingerprint density at radius 2 is 1.12 bits per heavy atom. The van der Waals surface area contributed by atoms with Crippen LogP contribution in [0.5, 0.6) is 0 Å². The molecule has 7 N–H and O–H groups in total. The van der Waals surface area contributed by atoms with E-state index in [1.807, 2.05) is 0 Å². The van der Waals surface area contributed by atoms with Gasteiger partial charge in [0.2, 0.25) is 0 Å². The third kappa shape index (κ3) is 11.9. The molecule has 0 spiro atoms. The first-order chi connectivity index (χ1) is 12.0. The molecule has 0 aromatic heterocycles. The predicted octanol–water partition coefficient (Wildman–Crippen LogP) is 0.251. The molecule has 5 atom stereocenters. The van der Waals surface area contributed by atoms with Gasteiger partial charge in [-0.05, 0) is 13.0 Å². The molecular formula is C18H39NO6. The van der Waals surface area contributed by atoms with Gasteiger partial charge < -0.3 is 30.6 Å². The number of aliphatic hydroxyl groups excluding tert-OH is 6. The van der Waals surface area contributed by atoms with Gasteiger partial charge in [0.1, 0.15) is 30.6 Å². The van der Waals surface area contributed by atoms with E-state index in [0.29, 0.717) is 6.54 Å². The minimum absolute atomic E-state index is 0.486. The summed E-state index contributed by atoms with van der Waals surface area (Å²) < 4.78 is 0. The molecule has 0 aromatic carbocycles. The summed E-state index contributed by atoms with van der Waals surface area (Å²) in [6.07, 6.45) is 3.90. The van der Waals surface area contributed by atoms with Crippen LogP contribution in [0.15, 0.2) is 0 Å². The van der Waals surface area contributed by atoms with Gasteiger partial charge in [-0.3, -0.25) is 5.32 Å². The number of rotatable bonds is 17. The molecule has 0 radical (unpaired) electrons. The molecule has 0 heterocycles. The van der Waals surface area contributed by atoms with Gasteiger partial charge >= 0.3 is 0 Å². The summed E-state index contributed by atoms with van der Waals surface area (Å²) in [4.78, 5) is 0. The lowest BCUT2D eigenvalue weighted by Crippen LogP contribution is -2.53. The SMILES string of the molecule is CCCCCCCCCCCCNC(O)C(O)C(O)C(O)C(O)CO. The number of hydrogen-bond donors (Lipinski definition) is 7. The summed E-state index contributed by atoms with van der Waals surface area (Å²) in [7, 11) is 0. The van der Waals surface area contributed by atoms with E-state index < -0.39 is 37.3 Å². The second kappa shape index (κ2) is 15.9. The molecule has 0 aliphatic rings. The molecule has 0 amide bonds. The molecule has 5 unspecified atom stereocenters. The van der Waals surface area contributed by atoms with Crippen LogP contribution in [0.3, 0.4) is 0 Å². The maximum atomic E-state index is 9.76. The largest absolute Gasteiger partial charge is 0.394 e. The molecule has 0 aliphatic carbocycles. The van der Waals surface area contributed by atoms with E-state index in [4.69, 9.17) is 5.11 Å². The van der Waals surface area contributed by atoms with Crippen molar-refractivity contribution < 1.29 is 30.6 Å². The first kappa shape index (κ1) is 24.7. The predicted molar refractivity (Wildman–Crippen MR) is 97.0 cm³/mol. The zero-order valence-electron chi connectivity index (χ0n) is 15.6. The highest BCUT2D eigenvalue weighted by molar-refractivity contribution is 4.83. The lowest BCUT2D eigenvalue weighted by Gasteiger charge is -2.28. The minimum Gasteiger partial charge on any atom is -0.394 e. The Morgan fingerprint density at radius 3 is 1.60 bits per heavy atom. The molecular weight excluding hydrogens is 326 g/mol. The van der Waals surface area contributed by atoms with E-state index in [2.05, 4.69) is 12.2 Å². The van der Waals surface area contributed by atoms with Gasteiger partial charge in [0.15, 0.2) is 0 Å². The van der Waals surface area contributed by atoms with Crippen LogP contribution in [-0.4, -0.2) is 74.4 Å². The fourth-order valence-corrected chi connectivity index (χ4v) is 2.71. The molecule has 152 valence electrons. The summed E-state index contributed by atoms with van der Waals surface area (Å²) in [5, 5.41) is 59.3. The molecule has 0 aliphatic heterocycles. The third-order valence-corrected chi connectivity index (χ3v) is 4.49. The molecule has 0 saturated carbocycles. The molecule has 0 fully saturated rings. The van der Waals surface area contributed by atoms with Crippen LogP contribution in [0.25, 0.3) is 0 Å². The standard InChI is InChI=1S/C18H39NO6/c1-2-3-4-5-6-7-8-9-10-11-12-19-18(25)17(24)16(23)15(22)14(21)13-20/h14-25H,2-13H2,1H3. The summed E-state index contributed by atoms with van der Waals surface area (Å²) in [6.45, 7) is 1.96. The second-order valence-corrected chi connectivity index (χ2v) is 6.80. The van der Waals surface area contributed by atoms with Crippen LogP contribution < -0.4 is 5.32 Å². The van der Waals surface area contributed by atoms with E-state index in [9.17, 15) is 25.5 Å². The highest BCUT2D eigenvalue weighted by Crippen LogP contribution is 2.11. The second-order valence-electron chi connectivity index (χ2n) is 6.80. The van der Waals surface area contributed by atoms with Crippen LogP contribution in [0.2, 0.25) is 0 Å². The Bertz CT molecular complexity index is 295. The van der Waals surface area contributed by atoms with Gasteiger partial charge in [-0.2, -0.15) is 0 Å². The Morgan fingerprint density at radius 1 is 0.640 bits per heavy atom. The number of unbranched alkanes of at least 4 members (excludes halogenated alkanes) is 9. The van der Waals surface area contributed by atoms with Crippen LogP contribution in [-0.2, 0) is 0 Å². The Kier molecular flexibility index (Phi) is 15.8. The van der Waals surface area contributed by atoms with Crippen LogP contribution in [0, 0.1) is 0 Å². The van der Waals surface area contributed by atoms with Gasteiger partial charge in [0.05, 0.1) is 6.61 Å². The summed E-state index contributed by atoms with van der Waals surface area (Å²) >= 11 is 0. The van der Waals surface area contributed by atoms with Crippen LogP contribution in [0.1, 0.15) is 71.1 Å². The van der Waals surface area contributed by atoms with Crippen molar-refractivity contribution in [3.8, 4) is 0 Å². The Hall–Kier alpha value is -0.280. The Balaban J connectivity index is 3.64. The molecule has 7 heteroatoms. The molecule has 0 rings (SSSR count). The van der Waals surface area contributed by atoms with Crippen molar-refractivity contribution in [2.45, 2.75) is 102 Å². The van der Waals surface area contributed by atoms with Gasteiger partial charge in [0.25, 0.3) is 0 Å². The van der Waals surface area contributed by atoms with Crippen LogP contribution >= 0.6 is 0 Å². The van der Waals surface area contributed by atoms with Crippen molar-refractivity contribution in [3.05, 3.63) is 0 Å². The third-order valence-electron chi connectivity index (χ3n) is 4.49. The minimum atomic E-state index is -1.75. The molecule has 25 heavy (non-hydrogen) atoms. The maximum absolute atomic E-state index is 9.76. The lowest BCUT2D eigenvalue weighted by molar-refractivity contribution is -0.145. The average molecular weight is 366 g/mol. The smallest absolute Gasteiger partial charge is 0.133 e. The van der Waals surface area contributed by atoms with Gasteiger partial charge in [-0.25, -0.2) is 0 Å². The quantitative estimate of drug-likeness (QED) is 0.145. The van der Waals surface area contributed by atoms with Crippen molar-refractivity contribution in [2.24, 2.45) is 0 Å². The maximum Gasteiger partial charge on any atom is 0.133 e. The fraction of sp³-hybridized carbons (Fsp3) is 1.00. The number of aliphatic hydroxyl groups is 6. The van der Waals surface area contributed by atoms with Crippen molar-refractivity contribution in [3.63, 3.8) is 0 Å². The highest BCUT2D eigenvalue weighted by Gasteiger charge is 2.33. The van der Waals surface area contributed by atoms with Crippen molar-refractivity contribution in [1.29, 1.82) is 0 Å². The Labute approximate surface area is 151 Å². The topological polar surface area (TPSA) is 133 Å². The fourth-order valence-electron chi connectivity index (χ4n) is 2.71. The van der Waals surface area contributed by atoms with E-state index in [0.717, 1.165) is 19.3 Å². The number of hydrogen-bond acceptors (Lipinski definition) is 7. The monoisotopic (exact) mass is 365 g/mol. The molecule has 0 bridgehead atoms. The lowest BCUT2D eigenvalue weighted by atomic mass is 10.0. The number of nitrogens with one attached hydrogen (secondary N) is 1. The van der Waals surface area contributed by atoms with E-state index >= 15 is 0 Å². The van der Waals surface area contributed by atoms with Gasteiger partial charge in [0, 0.05) is 0 Å². The summed E-state index contributed by atoms with van der Waals surface area (Å²) in [6, 6.07) is 0. The van der Waals surface area contributed by atoms with Gasteiger partial charge in [-0.1, -0.05) is 64.7 Å². The van der Waals surface area contributed by atoms with E-state index in [1.165, 1.54) is 44.9 Å². The van der Waals surface area contributed by atoms with E-state index in [1.54, 1.807) is 0 Å². The first-order valence-electron chi connectivity index (χ1n) is 9.70. The normalized spacial score (nSPS) is 17.9. The zero-order valence-corrected chi connectivity index (χ0v) is 15.6. The summed E-state index contributed by atoms with van der Waals surface area (Å²) in [5.41, 5.74) is 0. The zero-order chi connectivity index (χ0) is 19.1. The molecule has 0 aromatic rings. The van der Waals surface area contributed by atoms with Crippen molar-refractivity contribution in [1.82, 2.24) is 5.32 Å². The molecule has 7 nitrogen and oxygen atoms in total. The highest BCUT2D eigenvalue weighted by atomic mass is 16.4. The van der Waals surface area contributed by atoms with Crippen molar-refractivity contribution >= 4 is 0 Å². The van der Waals surface area contributed by atoms with Crippen LogP contribution in [0.4, 0.5) is 0 Å². The van der Waals surface area contributed by atoms with E-state index in [-0.39, 0.29) is 0 Å². The van der Waals surface area contributed by atoms with Gasteiger partial charge in [-0.15, -0.1) is 0 Å². The first-order valence-corrected chi connectivity index (χ1v) is 9.70. The average Bonchev–Trinajstić information content (AvgIpc) is 2.63.